The molecule has 4 rings (SSSR count). The maximum Gasteiger partial charge on any atom is 0.218 e. The summed E-state index contributed by atoms with van der Waals surface area (Å²) in [7, 11) is 0. The normalized spacial score (nSPS) is 20.1. The Hall–Kier alpha value is -2.83. The molecule has 0 bridgehead atoms. The molecule has 2 aromatic rings. The summed E-state index contributed by atoms with van der Waals surface area (Å²) >= 11 is 0. The Bertz CT molecular complexity index is 838. The maximum absolute atomic E-state index is 11.2. The predicted octanol–water partition coefficient (Wildman–Crippen LogP) is 3.26. The molecule has 1 N–H and O–H groups in total. The van der Waals surface area contributed by atoms with Crippen LogP contribution in [0.5, 0.6) is 11.6 Å². The number of carbonyl (C=O) groups excluding carboxylic acids is 1. The maximum atomic E-state index is 11.2. The fourth-order valence-electron chi connectivity index (χ4n) is 3.67. The van der Waals surface area contributed by atoms with E-state index in [9.17, 15) is 4.79 Å². The quantitative estimate of drug-likeness (QED) is 0.774. The molecule has 29 heavy (non-hydrogen) atoms. The molecule has 0 radical (unpaired) electrons. The van der Waals surface area contributed by atoms with E-state index < -0.39 is 0 Å². The summed E-state index contributed by atoms with van der Waals surface area (Å²) in [6, 6.07) is 9.84. The van der Waals surface area contributed by atoms with E-state index in [2.05, 4.69) is 20.2 Å². The first-order valence-electron chi connectivity index (χ1n) is 10.3. The van der Waals surface area contributed by atoms with Crippen molar-refractivity contribution in [2.24, 2.45) is 0 Å². The summed E-state index contributed by atoms with van der Waals surface area (Å²) in [4.78, 5) is 22.1. The molecule has 1 saturated heterocycles. The molecule has 2 atom stereocenters. The number of nitrogens with one attached hydrogen (secondary N) is 1. The third-order valence-corrected chi connectivity index (χ3v) is 5.54. The van der Waals surface area contributed by atoms with Gasteiger partial charge in [0.05, 0.1) is 12.6 Å². The van der Waals surface area contributed by atoms with Crippen molar-refractivity contribution in [3.8, 4) is 11.6 Å². The topological polar surface area (TPSA) is 76.6 Å². The van der Waals surface area contributed by atoms with Gasteiger partial charge in [-0.15, -0.1) is 0 Å². The lowest BCUT2D eigenvalue weighted by atomic mass is 9.96. The van der Waals surface area contributed by atoms with E-state index in [1.807, 2.05) is 37.3 Å². The minimum atomic E-state index is -0.0326. The number of hydrogen-bond acceptors (Lipinski definition) is 6. The van der Waals surface area contributed by atoms with Gasteiger partial charge < -0.3 is 19.7 Å². The number of aromatic nitrogens is 2. The van der Waals surface area contributed by atoms with E-state index in [1.165, 1.54) is 13.3 Å². The van der Waals surface area contributed by atoms with Gasteiger partial charge in [0, 0.05) is 26.0 Å². The molecule has 7 nitrogen and oxygen atoms in total. The first-order chi connectivity index (χ1) is 14.1. The van der Waals surface area contributed by atoms with Crippen molar-refractivity contribution in [3.05, 3.63) is 42.2 Å². The van der Waals surface area contributed by atoms with Crippen molar-refractivity contribution in [2.75, 3.05) is 18.0 Å². The van der Waals surface area contributed by atoms with Gasteiger partial charge in [-0.25, -0.2) is 9.97 Å². The molecular weight excluding hydrogens is 368 g/mol. The second-order valence-electron chi connectivity index (χ2n) is 7.85. The summed E-state index contributed by atoms with van der Waals surface area (Å²) in [5, 5.41) is 2.89. The van der Waals surface area contributed by atoms with Crippen LogP contribution in [-0.4, -0.2) is 41.2 Å². The summed E-state index contributed by atoms with van der Waals surface area (Å²) in [6.45, 7) is 5.17. The van der Waals surface area contributed by atoms with Gasteiger partial charge in [-0.2, -0.15) is 0 Å². The van der Waals surface area contributed by atoms with E-state index in [1.54, 1.807) is 6.33 Å². The van der Waals surface area contributed by atoms with Crippen molar-refractivity contribution in [1.82, 2.24) is 15.3 Å². The standard InChI is InChI=1S/C22H28N4O3/c1-15(25-16(2)27)17-6-8-19(9-7-17)28-20-10-11-26(13-20)21-12-22(24-14-23-21)29-18-4-3-5-18/h6-9,12,14-15,18,20H,3-5,10-11,13H2,1-2H3,(H,25,27)/t15-,20+/m0/s1. The van der Waals surface area contributed by atoms with E-state index >= 15 is 0 Å². The van der Waals surface area contributed by atoms with E-state index in [-0.39, 0.29) is 18.1 Å². The van der Waals surface area contributed by atoms with Crippen molar-refractivity contribution < 1.29 is 14.3 Å². The van der Waals surface area contributed by atoms with Gasteiger partial charge in [0.2, 0.25) is 11.8 Å². The van der Waals surface area contributed by atoms with Gasteiger partial charge in [0.1, 0.15) is 30.1 Å². The minimum absolute atomic E-state index is 0.0161. The largest absolute Gasteiger partial charge is 0.489 e. The molecule has 1 aromatic carbocycles. The SMILES string of the molecule is CC(=O)N[C@@H](C)c1ccc(O[C@@H]2CCN(c3cc(OC4CCC4)ncn3)C2)cc1. The third kappa shape index (κ3) is 4.96. The molecule has 2 fully saturated rings. The number of amides is 1. The second kappa shape index (κ2) is 8.68. The van der Waals surface area contributed by atoms with Crippen LogP contribution in [0.2, 0.25) is 0 Å². The van der Waals surface area contributed by atoms with Crippen LogP contribution >= 0.6 is 0 Å². The fourth-order valence-corrected chi connectivity index (χ4v) is 3.67. The fraction of sp³-hybridized carbons (Fsp3) is 0.500. The highest BCUT2D eigenvalue weighted by atomic mass is 16.5. The lowest BCUT2D eigenvalue weighted by molar-refractivity contribution is -0.119. The molecule has 0 spiro atoms. The minimum Gasteiger partial charge on any atom is -0.489 e. The molecule has 1 aliphatic heterocycles. The third-order valence-electron chi connectivity index (χ3n) is 5.54. The van der Waals surface area contributed by atoms with Gasteiger partial charge in [-0.3, -0.25) is 4.79 Å². The van der Waals surface area contributed by atoms with Gasteiger partial charge >= 0.3 is 0 Å². The van der Waals surface area contributed by atoms with Crippen molar-refractivity contribution in [3.63, 3.8) is 0 Å². The Labute approximate surface area is 171 Å². The Morgan fingerprint density at radius 2 is 1.93 bits per heavy atom. The summed E-state index contributed by atoms with van der Waals surface area (Å²) in [5.41, 5.74) is 1.06. The monoisotopic (exact) mass is 396 g/mol. The Morgan fingerprint density at radius 3 is 2.62 bits per heavy atom. The molecule has 7 heteroatoms. The number of carbonyl (C=O) groups is 1. The van der Waals surface area contributed by atoms with Crippen LogP contribution in [0.3, 0.4) is 0 Å². The highest BCUT2D eigenvalue weighted by Gasteiger charge is 2.26. The first-order valence-corrected chi connectivity index (χ1v) is 10.3. The van der Waals surface area contributed by atoms with Crippen LogP contribution < -0.4 is 19.7 Å². The highest BCUT2D eigenvalue weighted by Crippen LogP contribution is 2.27. The number of anilines is 1. The zero-order valence-electron chi connectivity index (χ0n) is 17.0. The average molecular weight is 396 g/mol. The molecule has 1 amide bonds. The summed E-state index contributed by atoms with van der Waals surface area (Å²) in [5.74, 6) is 2.36. The molecular formula is C22H28N4O3. The van der Waals surface area contributed by atoms with Gasteiger partial charge in [0.15, 0.2) is 0 Å². The molecule has 0 unspecified atom stereocenters. The lowest BCUT2D eigenvalue weighted by Gasteiger charge is -2.26. The molecule has 2 aliphatic rings. The Morgan fingerprint density at radius 1 is 1.14 bits per heavy atom. The van der Waals surface area contributed by atoms with Gasteiger partial charge in [0.25, 0.3) is 0 Å². The van der Waals surface area contributed by atoms with Crippen LogP contribution in [0.25, 0.3) is 0 Å². The molecule has 1 aliphatic carbocycles. The Balaban J connectivity index is 1.32. The summed E-state index contributed by atoms with van der Waals surface area (Å²) in [6.07, 6.45) is 6.39. The zero-order chi connectivity index (χ0) is 20.2. The van der Waals surface area contributed by atoms with Crippen LogP contribution in [-0.2, 0) is 4.79 Å². The molecule has 1 saturated carbocycles. The number of benzene rings is 1. The zero-order valence-corrected chi connectivity index (χ0v) is 17.0. The lowest BCUT2D eigenvalue weighted by Crippen LogP contribution is -2.27. The number of ether oxygens (including phenoxy) is 2. The molecule has 1 aromatic heterocycles. The Kier molecular flexibility index (Phi) is 5.83. The molecule has 154 valence electrons. The highest BCUT2D eigenvalue weighted by molar-refractivity contribution is 5.73. The smallest absolute Gasteiger partial charge is 0.218 e. The molecule has 2 heterocycles. The van der Waals surface area contributed by atoms with Crippen LogP contribution in [0.15, 0.2) is 36.7 Å². The van der Waals surface area contributed by atoms with Crippen LogP contribution in [0.1, 0.15) is 51.1 Å². The second-order valence-corrected chi connectivity index (χ2v) is 7.85. The van der Waals surface area contributed by atoms with E-state index in [0.29, 0.717) is 12.0 Å². The predicted molar refractivity (Wildman–Crippen MR) is 110 cm³/mol. The number of hydrogen-bond donors (Lipinski definition) is 1. The van der Waals surface area contributed by atoms with Gasteiger partial charge in [-0.05, 0) is 43.9 Å². The summed E-state index contributed by atoms with van der Waals surface area (Å²) < 4.78 is 12.1. The van der Waals surface area contributed by atoms with Crippen LogP contribution in [0.4, 0.5) is 5.82 Å². The number of nitrogens with zero attached hydrogens (tertiary/aromatic N) is 3. The first kappa shape index (κ1) is 19.5. The van der Waals surface area contributed by atoms with Crippen molar-refractivity contribution >= 4 is 11.7 Å². The van der Waals surface area contributed by atoms with Gasteiger partial charge in [-0.1, -0.05) is 12.1 Å². The van der Waals surface area contributed by atoms with Crippen molar-refractivity contribution in [1.29, 1.82) is 0 Å². The average Bonchev–Trinajstić information content (AvgIpc) is 3.13. The van der Waals surface area contributed by atoms with Crippen molar-refractivity contribution in [2.45, 2.75) is 57.8 Å². The van der Waals surface area contributed by atoms with E-state index in [0.717, 1.165) is 49.5 Å². The number of rotatable bonds is 7. The van der Waals surface area contributed by atoms with E-state index in [4.69, 9.17) is 9.47 Å². The van der Waals surface area contributed by atoms with Crippen LogP contribution in [0, 0.1) is 0 Å².